The Bertz CT molecular complexity index is 1270. The third-order valence-corrected chi connectivity index (χ3v) is 16.5. The minimum absolute atomic E-state index is 0.0632. The lowest BCUT2D eigenvalue weighted by Crippen LogP contribution is -2.30. The van der Waals surface area contributed by atoms with Crippen molar-refractivity contribution in [3.05, 3.63) is 24.3 Å². The zero-order valence-electron chi connectivity index (χ0n) is 53.7. The zero-order valence-corrected chi connectivity index (χ0v) is 53.7. The van der Waals surface area contributed by atoms with Crippen LogP contribution in [0.15, 0.2) is 24.3 Å². The van der Waals surface area contributed by atoms with Gasteiger partial charge in [-0.3, -0.25) is 14.4 Å². The van der Waals surface area contributed by atoms with Crippen molar-refractivity contribution in [1.29, 1.82) is 0 Å². The molecule has 0 radical (unpaired) electrons. The number of esters is 3. The second kappa shape index (κ2) is 68.4. The Morgan fingerprint density at radius 3 is 0.696 bits per heavy atom. The third-order valence-electron chi connectivity index (χ3n) is 16.5. The minimum atomic E-state index is -0.764. The molecule has 6 heteroatoms. The Balaban J connectivity index is 4.01. The van der Waals surface area contributed by atoms with Crippen LogP contribution in [0.1, 0.15) is 406 Å². The van der Waals surface area contributed by atoms with Gasteiger partial charge in [0, 0.05) is 19.3 Å². The van der Waals surface area contributed by atoms with E-state index in [1.165, 1.54) is 302 Å². The summed E-state index contributed by atoms with van der Waals surface area (Å²) in [7, 11) is 0. The van der Waals surface area contributed by atoms with Crippen LogP contribution in [0.3, 0.4) is 0 Å². The van der Waals surface area contributed by atoms with Gasteiger partial charge in [0.05, 0.1) is 0 Å². The molecule has 0 aromatic carbocycles. The second-order valence-corrected chi connectivity index (χ2v) is 24.5. The van der Waals surface area contributed by atoms with Crippen molar-refractivity contribution in [3.63, 3.8) is 0 Å². The van der Waals surface area contributed by atoms with Crippen molar-refractivity contribution in [2.24, 2.45) is 0 Å². The molecule has 1 unspecified atom stereocenters. The molecule has 0 rings (SSSR count). The first-order chi connectivity index (χ1) is 39.0. The number of ether oxygens (including phenoxy) is 3. The van der Waals surface area contributed by atoms with Crippen LogP contribution in [0.2, 0.25) is 0 Å². The minimum Gasteiger partial charge on any atom is -0.462 e. The summed E-state index contributed by atoms with van der Waals surface area (Å²) < 4.78 is 16.9. The molecule has 0 bridgehead atoms. The molecular weight excluding hydrogens is 973 g/mol. The molecule has 0 aliphatic carbocycles. The Labute approximate surface area is 493 Å². The molecule has 0 amide bonds. The van der Waals surface area contributed by atoms with Crippen LogP contribution < -0.4 is 0 Å². The average molecular weight is 1110 g/mol. The number of carbonyl (C=O) groups is 3. The van der Waals surface area contributed by atoms with Crippen molar-refractivity contribution < 1.29 is 28.6 Å². The van der Waals surface area contributed by atoms with Crippen LogP contribution in [0.4, 0.5) is 0 Å². The molecule has 0 aromatic rings. The van der Waals surface area contributed by atoms with Gasteiger partial charge in [0.2, 0.25) is 0 Å². The summed E-state index contributed by atoms with van der Waals surface area (Å²) in [5.41, 5.74) is 0. The molecule has 0 saturated carbocycles. The summed E-state index contributed by atoms with van der Waals surface area (Å²) >= 11 is 0. The molecule has 79 heavy (non-hydrogen) atoms. The Hall–Kier alpha value is -2.11. The third kappa shape index (κ3) is 66.6. The molecule has 0 fully saturated rings. The summed E-state index contributed by atoms with van der Waals surface area (Å²) in [5.74, 6) is -0.834. The smallest absolute Gasteiger partial charge is 0.306 e. The molecular formula is C73H138O6. The predicted molar refractivity (Wildman–Crippen MR) is 344 cm³/mol. The Morgan fingerprint density at radius 1 is 0.253 bits per heavy atom. The van der Waals surface area contributed by atoms with Gasteiger partial charge < -0.3 is 14.2 Å². The number of hydrogen-bond donors (Lipinski definition) is 0. The lowest BCUT2D eigenvalue weighted by Gasteiger charge is -2.18. The van der Waals surface area contributed by atoms with Crippen molar-refractivity contribution in [1.82, 2.24) is 0 Å². The van der Waals surface area contributed by atoms with Crippen molar-refractivity contribution in [3.8, 4) is 0 Å². The summed E-state index contributed by atoms with van der Waals surface area (Å²) in [4.78, 5) is 38.3. The maximum atomic E-state index is 12.9. The van der Waals surface area contributed by atoms with Crippen molar-refractivity contribution in [2.45, 2.75) is 412 Å². The van der Waals surface area contributed by atoms with E-state index in [2.05, 4.69) is 45.1 Å². The fourth-order valence-electron chi connectivity index (χ4n) is 11.1. The molecule has 0 aromatic heterocycles. The topological polar surface area (TPSA) is 78.9 Å². The monoisotopic (exact) mass is 1110 g/mol. The lowest BCUT2D eigenvalue weighted by molar-refractivity contribution is -0.167. The molecule has 0 heterocycles. The summed E-state index contributed by atoms with van der Waals surface area (Å²) in [5, 5.41) is 0. The van der Waals surface area contributed by atoms with E-state index in [4.69, 9.17) is 14.2 Å². The molecule has 0 aliphatic heterocycles. The highest BCUT2D eigenvalue weighted by atomic mass is 16.6. The first kappa shape index (κ1) is 76.9. The first-order valence-corrected chi connectivity index (χ1v) is 35.8. The zero-order chi connectivity index (χ0) is 57.1. The van der Waals surface area contributed by atoms with Crippen LogP contribution in [0, 0.1) is 0 Å². The molecule has 1 atom stereocenters. The van der Waals surface area contributed by atoms with E-state index in [1.807, 2.05) is 0 Å². The normalized spacial score (nSPS) is 12.1. The van der Waals surface area contributed by atoms with E-state index >= 15 is 0 Å². The fraction of sp³-hybridized carbons (Fsp3) is 0.904. The van der Waals surface area contributed by atoms with Gasteiger partial charge in [-0.2, -0.15) is 0 Å². The SMILES string of the molecule is CCCCCCC/C=C\C/C=C\CCCCCCCCCCCCCCCCCCCCCCCC(=O)OCC(COC(=O)CCCCCCCCCCC)OC(=O)CCCCCCCCCCCCCCCCCCCCC. The van der Waals surface area contributed by atoms with E-state index in [0.717, 1.165) is 64.2 Å². The number of carbonyl (C=O) groups excluding carboxylic acids is 3. The molecule has 0 saturated heterocycles. The maximum Gasteiger partial charge on any atom is 0.306 e. The van der Waals surface area contributed by atoms with Crippen molar-refractivity contribution in [2.75, 3.05) is 13.2 Å². The standard InChI is InChI=1S/C73H138O6/c1-4-7-10-13-16-19-21-23-25-27-29-30-31-32-33-34-35-36-37-38-39-40-41-42-44-45-47-49-51-54-57-60-63-66-72(75)78-69-70(68-77-71(74)65-62-59-56-53-18-15-12-9-6-3)79-73(76)67-64-61-58-55-52-50-48-46-43-28-26-24-22-20-17-14-11-8-5-2/h21,23,27,29,70H,4-20,22,24-26,28,30-69H2,1-3H3/b23-21-,29-27-. The summed E-state index contributed by atoms with van der Waals surface area (Å²) in [6.45, 7) is 6.69. The van der Waals surface area contributed by atoms with Gasteiger partial charge in [-0.15, -0.1) is 0 Å². The molecule has 0 aliphatic rings. The van der Waals surface area contributed by atoms with E-state index in [0.29, 0.717) is 19.3 Å². The van der Waals surface area contributed by atoms with Gasteiger partial charge in [-0.1, -0.05) is 360 Å². The summed E-state index contributed by atoms with van der Waals surface area (Å²) in [6, 6.07) is 0. The first-order valence-electron chi connectivity index (χ1n) is 35.8. The quantitative estimate of drug-likeness (QED) is 0.0261. The molecule has 6 nitrogen and oxygen atoms in total. The number of unbranched alkanes of at least 4 members (excludes halogenated alkanes) is 52. The van der Waals surface area contributed by atoms with E-state index in [-0.39, 0.29) is 31.1 Å². The predicted octanol–water partition coefficient (Wildman–Crippen LogP) is 24.6. The highest BCUT2D eigenvalue weighted by Gasteiger charge is 2.19. The second-order valence-electron chi connectivity index (χ2n) is 24.5. The Morgan fingerprint density at radius 2 is 0.456 bits per heavy atom. The number of rotatable bonds is 67. The van der Waals surface area contributed by atoms with Gasteiger partial charge in [-0.25, -0.2) is 0 Å². The largest absolute Gasteiger partial charge is 0.462 e. The van der Waals surface area contributed by atoms with E-state index in [9.17, 15) is 14.4 Å². The van der Waals surface area contributed by atoms with E-state index < -0.39 is 6.10 Å². The van der Waals surface area contributed by atoms with Gasteiger partial charge in [0.15, 0.2) is 6.10 Å². The highest BCUT2D eigenvalue weighted by Crippen LogP contribution is 2.19. The number of allylic oxidation sites excluding steroid dienone is 4. The van der Waals surface area contributed by atoms with Gasteiger partial charge >= 0.3 is 17.9 Å². The van der Waals surface area contributed by atoms with Crippen molar-refractivity contribution >= 4 is 17.9 Å². The molecule has 0 spiro atoms. The average Bonchev–Trinajstić information content (AvgIpc) is 3.45. The van der Waals surface area contributed by atoms with Crippen LogP contribution in [0.25, 0.3) is 0 Å². The van der Waals surface area contributed by atoms with Crippen LogP contribution >= 0.6 is 0 Å². The maximum absolute atomic E-state index is 12.9. The Kier molecular flexibility index (Phi) is 66.6. The highest BCUT2D eigenvalue weighted by molar-refractivity contribution is 5.71. The molecule has 0 N–H and O–H groups in total. The van der Waals surface area contributed by atoms with Crippen LogP contribution in [-0.4, -0.2) is 37.2 Å². The van der Waals surface area contributed by atoms with Gasteiger partial charge in [0.1, 0.15) is 13.2 Å². The van der Waals surface area contributed by atoms with E-state index in [1.54, 1.807) is 0 Å². The van der Waals surface area contributed by atoms with Crippen LogP contribution in [-0.2, 0) is 28.6 Å². The van der Waals surface area contributed by atoms with Gasteiger partial charge in [0.25, 0.3) is 0 Å². The van der Waals surface area contributed by atoms with Gasteiger partial charge in [-0.05, 0) is 51.4 Å². The number of hydrogen-bond acceptors (Lipinski definition) is 6. The summed E-state index contributed by atoms with van der Waals surface area (Å²) in [6.07, 6.45) is 83.8. The molecule has 466 valence electrons. The van der Waals surface area contributed by atoms with Crippen LogP contribution in [0.5, 0.6) is 0 Å². The lowest BCUT2D eigenvalue weighted by atomic mass is 10.0. The fourth-order valence-corrected chi connectivity index (χ4v) is 11.1.